The highest BCUT2D eigenvalue weighted by Gasteiger charge is 2.71. The molecule has 170 valence electrons. The lowest BCUT2D eigenvalue weighted by Crippen LogP contribution is -2.53. The van der Waals surface area contributed by atoms with Crippen LogP contribution < -0.4 is 14.6 Å². The van der Waals surface area contributed by atoms with E-state index in [0.29, 0.717) is 23.4 Å². The van der Waals surface area contributed by atoms with Crippen LogP contribution in [0.3, 0.4) is 0 Å². The maximum Gasteiger partial charge on any atom is 0.430 e. The fourth-order valence-corrected chi connectivity index (χ4v) is 2.61. The minimum Gasteiger partial charge on any atom is -0.550 e. The monoisotopic (exact) mass is 451 g/mol. The topological polar surface area (TPSA) is 78.8 Å². The number of carboxylic acids is 1. The van der Waals surface area contributed by atoms with Crippen LogP contribution in [0.15, 0.2) is 48.5 Å². The summed E-state index contributed by atoms with van der Waals surface area (Å²) in [6, 6.07) is 9.23. The molecule has 0 heterocycles. The molecule has 0 aliphatic heterocycles. The first kappa shape index (κ1) is 24.3. The van der Waals surface area contributed by atoms with E-state index in [-0.39, 0.29) is 31.8 Å². The molecule has 0 aromatic heterocycles. The van der Waals surface area contributed by atoms with Crippen LogP contribution in [0.4, 0.5) is 26.3 Å². The number of carbonyl (C=O) groups is 1. The molecule has 1 N–H and O–H groups in total. The van der Waals surface area contributed by atoms with E-state index in [1.54, 1.807) is 0 Å². The molecular formula is C20H17F6O5-. The standard InChI is InChI=1S/C20H18F6O5/c21-19(22,23)18(29,20(24,25)26)14-3-1-4-16(12-14)31-10-2-9-30-15-7-5-13(6-8-15)11-17(27)28/h1,3-8,12,29H,2,9-11H2,(H,27,28)/p-1. The van der Waals surface area contributed by atoms with Gasteiger partial charge in [-0.3, -0.25) is 0 Å². The Labute approximate surface area is 172 Å². The number of hydrogen-bond donors (Lipinski definition) is 1. The first-order valence-electron chi connectivity index (χ1n) is 8.85. The maximum absolute atomic E-state index is 13.0. The Morgan fingerprint density at radius 3 is 1.94 bits per heavy atom. The van der Waals surface area contributed by atoms with Crippen LogP contribution in [-0.2, 0) is 16.8 Å². The second-order valence-electron chi connectivity index (χ2n) is 6.48. The summed E-state index contributed by atoms with van der Waals surface area (Å²) in [5.41, 5.74) is -5.91. The Morgan fingerprint density at radius 2 is 1.42 bits per heavy atom. The second kappa shape index (κ2) is 9.46. The van der Waals surface area contributed by atoms with Gasteiger partial charge in [0.2, 0.25) is 0 Å². The van der Waals surface area contributed by atoms with Gasteiger partial charge in [0.05, 0.1) is 13.2 Å². The van der Waals surface area contributed by atoms with Gasteiger partial charge >= 0.3 is 12.4 Å². The van der Waals surface area contributed by atoms with Gasteiger partial charge in [-0.05, 0) is 29.8 Å². The number of ether oxygens (including phenoxy) is 2. The summed E-state index contributed by atoms with van der Waals surface area (Å²) >= 11 is 0. The van der Waals surface area contributed by atoms with E-state index < -0.39 is 29.5 Å². The van der Waals surface area contributed by atoms with Crippen molar-refractivity contribution in [2.24, 2.45) is 0 Å². The Hall–Kier alpha value is -2.95. The van der Waals surface area contributed by atoms with Gasteiger partial charge in [-0.25, -0.2) is 0 Å². The molecule has 0 spiro atoms. The van der Waals surface area contributed by atoms with Crippen LogP contribution in [0.2, 0.25) is 0 Å². The molecule has 0 atom stereocenters. The highest BCUT2D eigenvalue weighted by Crippen LogP contribution is 2.50. The smallest absolute Gasteiger partial charge is 0.430 e. The van der Waals surface area contributed by atoms with E-state index in [0.717, 1.165) is 12.1 Å². The number of carbonyl (C=O) groups excluding carboxylic acids is 1. The average molecular weight is 451 g/mol. The predicted octanol–water partition coefficient (Wildman–Crippen LogP) is 3.14. The van der Waals surface area contributed by atoms with Gasteiger partial charge in [-0.1, -0.05) is 24.3 Å². The Balaban J connectivity index is 1.92. The number of alkyl halides is 6. The van der Waals surface area contributed by atoms with E-state index in [4.69, 9.17) is 9.47 Å². The number of aliphatic hydroxyl groups is 1. The molecule has 11 heteroatoms. The molecule has 2 aromatic carbocycles. The minimum atomic E-state index is -5.98. The minimum absolute atomic E-state index is 0.0807. The lowest BCUT2D eigenvalue weighted by molar-refractivity contribution is -0.376. The van der Waals surface area contributed by atoms with Crippen LogP contribution in [0, 0.1) is 0 Å². The summed E-state index contributed by atoms with van der Waals surface area (Å²) in [6.07, 6.45) is -12.0. The van der Waals surface area contributed by atoms with Crippen molar-refractivity contribution in [3.05, 3.63) is 59.7 Å². The van der Waals surface area contributed by atoms with E-state index in [1.807, 2.05) is 0 Å². The van der Waals surface area contributed by atoms with Crippen molar-refractivity contribution in [3.8, 4) is 11.5 Å². The summed E-state index contributed by atoms with van der Waals surface area (Å²) in [7, 11) is 0. The maximum atomic E-state index is 13.0. The highest BCUT2D eigenvalue weighted by atomic mass is 19.4. The van der Waals surface area contributed by atoms with E-state index >= 15 is 0 Å². The largest absolute Gasteiger partial charge is 0.550 e. The van der Waals surface area contributed by atoms with Gasteiger partial charge in [0.15, 0.2) is 0 Å². The molecule has 0 fully saturated rings. The van der Waals surface area contributed by atoms with Crippen LogP contribution in [0.1, 0.15) is 17.5 Å². The lowest BCUT2D eigenvalue weighted by atomic mass is 9.92. The Bertz CT molecular complexity index is 863. The Kier molecular flexibility index (Phi) is 7.42. The van der Waals surface area contributed by atoms with Crippen LogP contribution in [0.25, 0.3) is 0 Å². The normalized spacial score (nSPS) is 12.5. The van der Waals surface area contributed by atoms with Gasteiger partial charge in [-0.15, -0.1) is 0 Å². The van der Waals surface area contributed by atoms with Crippen molar-refractivity contribution in [2.45, 2.75) is 30.8 Å². The number of aliphatic carboxylic acids is 1. The fraction of sp³-hybridized carbons (Fsp3) is 0.350. The molecule has 0 bridgehead atoms. The van der Waals surface area contributed by atoms with Crippen LogP contribution in [-0.4, -0.2) is 36.6 Å². The third-order valence-electron chi connectivity index (χ3n) is 4.17. The number of benzene rings is 2. The summed E-state index contributed by atoms with van der Waals surface area (Å²) in [5, 5.41) is 19.9. The van der Waals surface area contributed by atoms with Crippen molar-refractivity contribution in [1.29, 1.82) is 0 Å². The molecule has 2 rings (SSSR count). The van der Waals surface area contributed by atoms with Crippen molar-refractivity contribution in [2.75, 3.05) is 13.2 Å². The zero-order valence-corrected chi connectivity index (χ0v) is 15.8. The van der Waals surface area contributed by atoms with Crippen LogP contribution in [0.5, 0.6) is 11.5 Å². The summed E-state index contributed by atoms with van der Waals surface area (Å²) in [5.74, 6) is -1.07. The molecular weight excluding hydrogens is 434 g/mol. The molecule has 0 aliphatic carbocycles. The van der Waals surface area contributed by atoms with Gasteiger partial charge < -0.3 is 24.5 Å². The zero-order valence-electron chi connectivity index (χ0n) is 15.8. The first-order chi connectivity index (χ1) is 14.3. The van der Waals surface area contributed by atoms with Gasteiger partial charge in [0.25, 0.3) is 5.60 Å². The van der Waals surface area contributed by atoms with Crippen molar-refractivity contribution < 1.29 is 50.8 Å². The SMILES string of the molecule is O=C([O-])Cc1ccc(OCCCOc2cccc(C(O)(C(F)(F)F)C(F)(F)F)c2)cc1. The third kappa shape index (κ3) is 6.03. The molecule has 0 amide bonds. The van der Waals surface area contributed by atoms with E-state index in [1.165, 1.54) is 24.3 Å². The highest BCUT2D eigenvalue weighted by molar-refractivity contribution is 5.67. The molecule has 31 heavy (non-hydrogen) atoms. The van der Waals surface area contributed by atoms with Crippen molar-refractivity contribution in [1.82, 2.24) is 0 Å². The summed E-state index contributed by atoms with van der Waals surface area (Å²) < 4.78 is 88.3. The molecule has 0 saturated carbocycles. The lowest BCUT2D eigenvalue weighted by Gasteiger charge is -2.32. The van der Waals surface area contributed by atoms with Gasteiger partial charge in [-0.2, -0.15) is 26.3 Å². The summed E-state index contributed by atoms with van der Waals surface area (Å²) in [4.78, 5) is 10.5. The van der Waals surface area contributed by atoms with Crippen molar-refractivity contribution >= 4 is 5.97 Å². The first-order valence-corrected chi connectivity index (χ1v) is 8.85. The molecule has 0 unspecified atom stereocenters. The zero-order chi connectivity index (χ0) is 23.3. The third-order valence-corrected chi connectivity index (χ3v) is 4.17. The van der Waals surface area contributed by atoms with E-state index in [2.05, 4.69) is 0 Å². The Morgan fingerprint density at radius 1 is 0.871 bits per heavy atom. The molecule has 0 aliphatic rings. The molecule has 0 radical (unpaired) electrons. The predicted molar refractivity (Wildman–Crippen MR) is 93.2 cm³/mol. The molecule has 2 aromatic rings. The van der Waals surface area contributed by atoms with Crippen LogP contribution >= 0.6 is 0 Å². The number of halogens is 6. The number of rotatable bonds is 9. The molecule has 5 nitrogen and oxygen atoms in total. The number of hydrogen-bond acceptors (Lipinski definition) is 5. The average Bonchev–Trinajstić information content (AvgIpc) is 2.66. The van der Waals surface area contributed by atoms with Gasteiger partial charge in [0.1, 0.15) is 11.5 Å². The van der Waals surface area contributed by atoms with Crippen molar-refractivity contribution in [3.63, 3.8) is 0 Å². The van der Waals surface area contributed by atoms with E-state index in [9.17, 15) is 41.4 Å². The fourth-order valence-electron chi connectivity index (χ4n) is 2.61. The quantitative estimate of drug-likeness (QED) is 0.468. The van der Waals surface area contributed by atoms with Gasteiger partial charge in [0, 0.05) is 24.4 Å². The summed E-state index contributed by atoms with van der Waals surface area (Å²) in [6.45, 7) is 0.0389. The second-order valence-corrected chi connectivity index (χ2v) is 6.48. The molecule has 0 saturated heterocycles. The number of carboxylic acid groups (broad SMARTS) is 1.